The zero-order valence-electron chi connectivity index (χ0n) is 8.99. The van der Waals surface area contributed by atoms with Crippen molar-refractivity contribution in [2.75, 3.05) is 7.11 Å². The molecule has 0 spiro atoms. The predicted octanol–water partition coefficient (Wildman–Crippen LogP) is 2.70. The third kappa shape index (κ3) is 1.94. The lowest BCUT2D eigenvalue weighted by molar-refractivity contribution is -0.114. The SMILES string of the molecule is COc1ccc([C@@H]2CC(=O)C=C2C)cc1. The zero-order valence-corrected chi connectivity index (χ0v) is 8.99. The molecule has 78 valence electrons. The van der Waals surface area contributed by atoms with E-state index in [1.54, 1.807) is 13.2 Å². The summed E-state index contributed by atoms with van der Waals surface area (Å²) in [7, 11) is 1.65. The Hall–Kier alpha value is -1.57. The van der Waals surface area contributed by atoms with Crippen molar-refractivity contribution < 1.29 is 9.53 Å². The first-order valence-corrected chi connectivity index (χ1v) is 5.05. The van der Waals surface area contributed by atoms with Gasteiger partial charge in [0.05, 0.1) is 7.11 Å². The molecule has 2 nitrogen and oxygen atoms in total. The molecular formula is C13H14O2. The van der Waals surface area contributed by atoms with Crippen LogP contribution in [0.5, 0.6) is 5.75 Å². The third-order valence-electron chi connectivity index (χ3n) is 2.86. The van der Waals surface area contributed by atoms with Gasteiger partial charge in [0, 0.05) is 12.3 Å². The first kappa shape index (κ1) is 9.97. The highest BCUT2D eigenvalue weighted by atomic mass is 16.5. The predicted molar refractivity (Wildman–Crippen MR) is 59.1 cm³/mol. The summed E-state index contributed by atoms with van der Waals surface area (Å²) in [5, 5.41) is 0. The van der Waals surface area contributed by atoms with Gasteiger partial charge in [0.2, 0.25) is 0 Å². The average molecular weight is 202 g/mol. The van der Waals surface area contributed by atoms with E-state index < -0.39 is 0 Å². The van der Waals surface area contributed by atoms with Gasteiger partial charge in [-0.15, -0.1) is 0 Å². The van der Waals surface area contributed by atoms with Gasteiger partial charge in [0.15, 0.2) is 5.78 Å². The number of carbonyl (C=O) groups is 1. The highest BCUT2D eigenvalue weighted by molar-refractivity contribution is 5.94. The van der Waals surface area contributed by atoms with E-state index >= 15 is 0 Å². The van der Waals surface area contributed by atoms with Crippen molar-refractivity contribution in [3.05, 3.63) is 41.5 Å². The Morgan fingerprint density at radius 3 is 2.40 bits per heavy atom. The largest absolute Gasteiger partial charge is 0.497 e. The first-order valence-electron chi connectivity index (χ1n) is 5.05. The van der Waals surface area contributed by atoms with E-state index in [1.165, 1.54) is 5.56 Å². The summed E-state index contributed by atoms with van der Waals surface area (Å²) >= 11 is 0. The highest BCUT2D eigenvalue weighted by Crippen LogP contribution is 2.33. The minimum absolute atomic E-state index is 0.230. The van der Waals surface area contributed by atoms with Crippen molar-refractivity contribution in [3.8, 4) is 5.75 Å². The summed E-state index contributed by atoms with van der Waals surface area (Å²) in [5.74, 6) is 1.35. The summed E-state index contributed by atoms with van der Waals surface area (Å²) in [6.07, 6.45) is 2.35. The molecule has 1 aromatic carbocycles. The molecule has 0 bridgehead atoms. The van der Waals surface area contributed by atoms with Crippen molar-refractivity contribution in [2.24, 2.45) is 0 Å². The second kappa shape index (κ2) is 3.89. The Bertz CT molecular complexity index is 401. The molecule has 2 rings (SSSR count). The van der Waals surface area contributed by atoms with Crippen LogP contribution in [0.3, 0.4) is 0 Å². The van der Waals surface area contributed by atoms with Crippen molar-refractivity contribution in [2.45, 2.75) is 19.3 Å². The fourth-order valence-electron chi connectivity index (χ4n) is 1.99. The topological polar surface area (TPSA) is 26.3 Å². The van der Waals surface area contributed by atoms with E-state index in [0.717, 1.165) is 11.3 Å². The minimum atomic E-state index is 0.230. The van der Waals surface area contributed by atoms with Gasteiger partial charge in [0.1, 0.15) is 5.75 Å². The second-order valence-electron chi connectivity index (χ2n) is 3.88. The first-order chi connectivity index (χ1) is 7.20. The number of methoxy groups -OCH3 is 1. The molecule has 0 aliphatic heterocycles. The quantitative estimate of drug-likeness (QED) is 0.737. The molecule has 0 unspecified atom stereocenters. The summed E-state index contributed by atoms with van der Waals surface area (Å²) in [6.45, 7) is 2.01. The number of rotatable bonds is 2. The highest BCUT2D eigenvalue weighted by Gasteiger charge is 2.22. The Morgan fingerprint density at radius 2 is 1.93 bits per heavy atom. The lowest BCUT2D eigenvalue weighted by atomic mass is 9.93. The summed E-state index contributed by atoms with van der Waals surface area (Å²) < 4.78 is 5.10. The summed E-state index contributed by atoms with van der Waals surface area (Å²) in [5.41, 5.74) is 2.35. The maximum Gasteiger partial charge on any atom is 0.156 e. The van der Waals surface area contributed by atoms with Gasteiger partial charge in [-0.25, -0.2) is 0 Å². The van der Waals surface area contributed by atoms with Gasteiger partial charge >= 0.3 is 0 Å². The number of benzene rings is 1. The van der Waals surface area contributed by atoms with Gasteiger partial charge in [-0.05, 0) is 30.7 Å². The standard InChI is InChI=1S/C13H14O2/c1-9-7-11(14)8-13(9)10-3-5-12(15-2)6-4-10/h3-7,13H,8H2,1-2H3/t13-/m1/s1. The second-order valence-corrected chi connectivity index (χ2v) is 3.88. The van der Waals surface area contributed by atoms with Crippen LogP contribution < -0.4 is 4.74 Å². The lowest BCUT2D eigenvalue weighted by Crippen LogP contribution is -1.97. The zero-order chi connectivity index (χ0) is 10.8. The monoisotopic (exact) mass is 202 g/mol. The number of hydrogen-bond donors (Lipinski definition) is 0. The van der Waals surface area contributed by atoms with Crippen molar-refractivity contribution in [3.63, 3.8) is 0 Å². The molecular weight excluding hydrogens is 188 g/mol. The fraction of sp³-hybridized carbons (Fsp3) is 0.308. The fourth-order valence-corrected chi connectivity index (χ4v) is 1.99. The van der Waals surface area contributed by atoms with Crippen molar-refractivity contribution in [1.82, 2.24) is 0 Å². The summed E-state index contributed by atoms with van der Waals surface area (Å²) in [6, 6.07) is 7.93. The van der Waals surface area contributed by atoms with Gasteiger partial charge in [-0.2, -0.15) is 0 Å². The molecule has 0 radical (unpaired) electrons. The molecule has 0 amide bonds. The Morgan fingerprint density at radius 1 is 1.27 bits per heavy atom. The molecule has 0 heterocycles. The molecule has 0 fully saturated rings. The minimum Gasteiger partial charge on any atom is -0.497 e. The molecule has 2 heteroatoms. The molecule has 0 saturated carbocycles. The van der Waals surface area contributed by atoms with Crippen LogP contribution in [-0.2, 0) is 4.79 Å². The maximum absolute atomic E-state index is 11.3. The number of ketones is 1. The van der Waals surface area contributed by atoms with Crippen LogP contribution >= 0.6 is 0 Å². The third-order valence-corrected chi connectivity index (χ3v) is 2.86. The molecule has 0 saturated heterocycles. The normalized spacial score (nSPS) is 20.3. The number of hydrogen-bond acceptors (Lipinski definition) is 2. The number of ether oxygens (including phenoxy) is 1. The van der Waals surface area contributed by atoms with Gasteiger partial charge in [-0.3, -0.25) is 4.79 Å². The van der Waals surface area contributed by atoms with Crippen LogP contribution in [0.15, 0.2) is 35.9 Å². The number of allylic oxidation sites excluding steroid dienone is 2. The Kier molecular flexibility index (Phi) is 2.58. The van der Waals surface area contributed by atoms with Gasteiger partial charge in [0.25, 0.3) is 0 Å². The average Bonchev–Trinajstić information content (AvgIpc) is 2.58. The molecule has 0 N–H and O–H groups in total. The van der Waals surface area contributed by atoms with Crippen LogP contribution in [0.25, 0.3) is 0 Å². The van der Waals surface area contributed by atoms with Gasteiger partial charge in [-0.1, -0.05) is 17.7 Å². The summed E-state index contributed by atoms with van der Waals surface area (Å²) in [4.78, 5) is 11.3. The van der Waals surface area contributed by atoms with Crippen molar-refractivity contribution in [1.29, 1.82) is 0 Å². The van der Waals surface area contributed by atoms with Crippen LogP contribution in [-0.4, -0.2) is 12.9 Å². The molecule has 1 aromatic rings. The van der Waals surface area contributed by atoms with Gasteiger partial charge < -0.3 is 4.74 Å². The van der Waals surface area contributed by atoms with E-state index in [0.29, 0.717) is 6.42 Å². The van der Waals surface area contributed by atoms with Crippen LogP contribution in [0.2, 0.25) is 0 Å². The van der Waals surface area contributed by atoms with Crippen molar-refractivity contribution >= 4 is 5.78 Å². The van der Waals surface area contributed by atoms with E-state index in [9.17, 15) is 4.79 Å². The Labute approximate surface area is 89.6 Å². The number of carbonyl (C=O) groups excluding carboxylic acids is 1. The molecule has 1 aliphatic rings. The molecule has 1 atom stereocenters. The van der Waals surface area contributed by atoms with E-state index in [-0.39, 0.29) is 11.7 Å². The molecule has 1 aliphatic carbocycles. The molecule has 0 aromatic heterocycles. The Balaban J connectivity index is 2.24. The van der Waals surface area contributed by atoms with E-state index in [4.69, 9.17) is 4.74 Å². The smallest absolute Gasteiger partial charge is 0.156 e. The lowest BCUT2D eigenvalue weighted by Gasteiger charge is -2.11. The van der Waals surface area contributed by atoms with E-state index in [1.807, 2.05) is 31.2 Å². The maximum atomic E-state index is 11.3. The van der Waals surface area contributed by atoms with Crippen LogP contribution in [0.4, 0.5) is 0 Å². The molecule has 15 heavy (non-hydrogen) atoms. The van der Waals surface area contributed by atoms with E-state index in [2.05, 4.69) is 0 Å². The van der Waals surface area contributed by atoms with Crippen LogP contribution in [0.1, 0.15) is 24.8 Å². The van der Waals surface area contributed by atoms with Crippen LogP contribution in [0, 0.1) is 0 Å².